The highest BCUT2D eigenvalue weighted by molar-refractivity contribution is 7.85. The van der Waals surface area contributed by atoms with Gasteiger partial charge in [0, 0.05) is 17.3 Å². The van der Waals surface area contributed by atoms with Crippen LogP contribution in [0.15, 0.2) is 24.3 Å². The van der Waals surface area contributed by atoms with Crippen molar-refractivity contribution in [3.8, 4) is 0 Å². The molecule has 0 fully saturated rings. The van der Waals surface area contributed by atoms with E-state index in [1.54, 1.807) is 29.2 Å². The molecule has 0 aliphatic rings. The van der Waals surface area contributed by atoms with E-state index in [1.807, 2.05) is 0 Å². The smallest absolute Gasteiger partial charge is 0.325 e. The van der Waals surface area contributed by atoms with Crippen molar-refractivity contribution in [3.05, 3.63) is 29.3 Å². The first-order valence-corrected chi connectivity index (χ1v) is 7.93. The molecule has 1 aromatic carbocycles. The minimum atomic E-state index is -3.51. The number of nitrogens with zero attached hydrogens (tertiary/aromatic N) is 1. The van der Waals surface area contributed by atoms with Gasteiger partial charge in [-0.25, -0.2) is 0 Å². The van der Waals surface area contributed by atoms with Crippen molar-refractivity contribution in [1.82, 2.24) is 0 Å². The fraction of sp³-hybridized carbons (Fsp3) is 0.417. The first kappa shape index (κ1) is 16.7. The Balaban J connectivity index is 2.77. The number of carbonyl (C=O) groups is 1. The molecular formula is C12H16ClNO5S. The Hall–Kier alpha value is -1.31. The number of rotatable bonds is 7. The molecule has 1 rings (SSSR count). The van der Waals surface area contributed by atoms with E-state index >= 15 is 0 Å². The Bertz CT molecular complexity index is 561. The number of benzene rings is 1. The molecule has 0 atom stereocenters. The lowest BCUT2D eigenvalue weighted by atomic mass is 10.3. The molecule has 0 radical (unpaired) electrons. The highest BCUT2D eigenvalue weighted by Crippen LogP contribution is 2.19. The predicted molar refractivity (Wildman–Crippen MR) is 76.5 cm³/mol. The van der Waals surface area contributed by atoms with Crippen molar-refractivity contribution < 1.29 is 22.1 Å². The van der Waals surface area contributed by atoms with E-state index in [1.165, 1.54) is 7.11 Å². The summed E-state index contributed by atoms with van der Waals surface area (Å²) in [6, 6.07) is 6.87. The van der Waals surface area contributed by atoms with Crippen LogP contribution in [-0.2, 0) is 23.8 Å². The Morgan fingerprint density at radius 1 is 1.40 bits per heavy atom. The first-order valence-electron chi connectivity index (χ1n) is 5.73. The van der Waals surface area contributed by atoms with Crippen molar-refractivity contribution in [1.29, 1.82) is 0 Å². The largest absolute Gasteiger partial charge is 0.468 e. The molecule has 0 aromatic heterocycles. The van der Waals surface area contributed by atoms with Crippen LogP contribution < -0.4 is 4.90 Å². The van der Waals surface area contributed by atoms with Gasteiger partial charge in [-0.3, -0.25) is 8.98 Å². The zero-order chi connectivity index (χ0) is 15.2. The van der Waals surface area contributed by atoms with Crippen molar-refractivity contribution in [2.24, 2.45) is 0 Å². The summed E-state index contributed by atoms with van der Waals surface area (Å²) < 4.78 is 31.1. The van der Waals surface area contributed by atoms with Crippen molar-refractivity contribution in [2.75, 3.05) is 38.0 Å². The zero-order valence-electron chi connectivity index (χ0n) is 11.2. The van der Waals surface area contributed by atoms with Gasteiger partial charge < -0.3 is 9.64 Å². The first-order chi connectivity index (χ1) is 9.31. The lowest BCUT2D eigenvalue weighted by molar-refractivity contribution is -0.138. The second-order valence-electron chi connectivity index (χ2n) is 4.00. The lowest BCUT2D eigenvalue weighted by Crippen LogP contribution is -2.33. The summed E-state index contributed by atoms with van der Waals surface area (Å²) in [5.74, 6) is -0.440. The van der Waals surface area contributed by atoms with Gasteiger partial charge in [0.05, 0.1) is 20.0 Å². The van der Waals surface area contributed by atoms with E-state index < -0.39 is 16.1 Å². The van der Waals surface area contributed by atoms with E-state index in [0.717, 1.165) is 6.26 Å². The summed E-state index contributed by atoms with van der Waals surface area (Å²) in [4.78, 5) is 13.0. The molecule has 20 heavy (non-hydrogen) atoms. The second kappa shape index (κ2) is 7.47. The van der Waals surface area contributed by atoms with Gasteiger partial charge in [0.25, 0.3) is 10.1 Å². The maximum Gasteiger partial charge on any atom is 0.325 e. The van der Waals surface area contributed by atoms with E-state index in [-0.39, 0.29) is 19.7 Å². The van der Waals surface area contributed by atoms with Crippen LogP contribution in [0.1, 0.15) is 0 Å². The molecule has 112 valence electrons. The van der Waals surface area contributed by atoms with Gasteiger partial charge in [0.1, 0.15) is 6.54 Å². The normalized spacial score (nSPS) is 11.2. The number of hydrogen-bond donors (Lipinski definition) is 0. The molecule has 8 heteroatoms. The second-order valence-corrected chi connectivity index (χ2v) is 6.08. The molecule has 0 saturated heterocycles. The average Bonchev–Trinajstić information content (AvgIpc) is 2.36. The number of esters is 1. The van der Waals surface area contributed by atoms with Crippen LogP contribution in [0, 0.1) is 0 Å². The standard InChI is InChI=1S/C12H16ClNO5S/c1-18-12(15)9-14(6-7-19-20(2,16)17)11-5-3-4-10(13)8-11/h3-5,8H,6-7,9H2,1-2H3. The van der Waals surface area contributed by atoms with Crippen LogP contribution in [0.4, 0.5) is 5.69 Å². The third kappa shape index (κ3) is 6.23. The number of anilines is 1. The van der Waals surface area contributed by atoms with E-state index in [9.17, 15) is 13.2 Å². The zero-order valence-corrected chi connectivity index (χ0v) is 12.8. The summed E-state index contributed by atoms with van der Waals surface area (Å²) in [6.07, 6.45) is 0.969. The molecule has 0 amide bonds. The third-order valence-corrected chi connectivity index (χ3v) is 3.21. The molecule has 0 aliphatic heterocycles. The fourth-order valence-corrected chi connectivity index (χ4v) is 2.05. The van der Waals surface area contributed by atoms with Gasteiger partial charge >= 0.3 is 5.97 Å². The topological polar surface area (TPSA) is 72.9 Å². The quantitative estimate of drug-likeness (QED) is 0.556. The molecule has 6 nitrogen and oxygen atoms in total. The van der Waals surface area contributed by atoms with Crippen molar-refractivity contribution in [3.63, 3.8) is 0 Å². The Kier molecular flexibility index (Phi) is 6.25. The predicted octanol–water partition coefficient (Wildman–Crippen LogP) is 1.30. The molecule has 0 spiro atoms. The van der Waals surface area contributed by atoms with Crippen LogP contribution in [0.5, 0.6) is 0 Å². The number of methoxy groups -OCH3 is 1. The van der Waals surface area contributed by atoms with Crippen LogP contribution in [-0.4, -0.2) is 47.4 Å². The van der Waals surface area contributed by atoms with Crippen LogP contribution >= 0.6 is 11.6 Å². The lowest BCUT2D eigenvalue weighted by Gasteiger charge is -2.23. The van der Waals surface area contributed by atoms with Crippen LogP contribution in [0.3, 0.4) is 0 Å². The number of halogens is 1. The van der Waals surface area contributed by atoms with Gasteiger partial charge in [0.15, 0.2) is 0 Å². The molecule has 1 aromatic rings. The number of hydrogen-bond acceptors (Lipinski definition) is 6. The van der Waals surface area contributed by atoms with Gasteiger partial charge in [0.2, 0.25) is 0 Å². The Morgan fingerprint density at radius 3 is 2.65 bits per heavy atom. The highest BCUT2D eigenvalue weighted by Gasteiger charge is 2.13. The molecule has 0 bridgehead atoms. The molecular weight excluding hydrogens is 306 g/mol. The number of carbonyl (C=O) groups excluding carboxylic acids is 1. The molecule has 0 unspecified atom stereocenters. The molecule has 0 saturated carbocycles. The molecule has 0 N–H and O–H groups in total. The van der Waals surface area contributed by atoms with Gasteiger partial charge in [-0.1, -0.05) is 17.7 Å². The minimum absolute atomic E-state index is 0.0238. The SMILES string of the molecule is COC(=O)CN(CCOS(C)(=O)=O)c1cccc(Cl)c1. The van der Waals surface area contributed by atoms with Crippen LogP contribution in [0.2, 0.25) is 5.02 Å². The summed E-state index contributed by atoms with van der Waals surface area (Å²) in [5.41, 5.74) is 0.681. The monoisotopic (exact) mass is 321 g/mol. The van der Waals surface area contributed by atoms with Crippen molar-refractivity contribution in [2.45, 2.75) is 0 Å². The van der Waals surface area contributed by atoms with Gasteiger partial charge in [-0.05, 0) is 18.2 Å². The summed E-state index contributed by atoms with van der Waals surface area (Å²) in [7, 11) is -2.23. The maximum absolute atomic E-state index is 11.4. The number of ether oxygens (including phenoxy) is 1. The summed E-state index contributed by atoms with van der Waals surface area (Å²) >= 11 is 5.90. The highest BCUT2D eigenvalue weighted by atomic mass is 35.5. The maximum atomic E-state index is 11.4. The average molecular weight is 322 g/mol. The van der Waals surface area contributed by atoms with E-state index in [0.29, 0.717) is 10.7 Å². The minimum Gasteiger partial charge on any atom is -0.468 e. The van der Waals surface area contributed by atoms with E-state index in [2.05, 4.69) is 8.92 Å². The third-order valence-electron chi connectivity index (χ3n) is 2.38. The van der Waals surface area contributed by atoms with Crippen molar-refractivity contribution >= 4 is 33.4 Å². The Morgan fingerprint density at radius 2 is 2.10 bits per heavy atom. The summed E-state index contributed by atoms with van der Waals surface area (Å²) in [6.45, 7) is 0.120. The molecule has 0 heterocycles. The van der Waals surface area contributed by atoms with E-state index in [4.69, 9.17) is 11.6 Å². The Labute approximate surface area is 123 Å². The molecule has 0 aliphatic carbocycles. The fourth-order valence-electron chi connectivity index (χ4n) is 1.49. The summed E-state index contributed by atoms with van der Waals surface area (Å²) in [5, 5.41) is 0.515. The van der Waals surface area contributed by atoms with Crippen LogP contribution in [0.25, 0.3) is 0 Å². The van der Waals surface area contributed by atoms with Gasteiger partial charge in [-0.15, -0.1) is 0 Å². The van der Waals surface area contributed by atoms with Gasteiger partial charge in [-0.2, -0.15) is 8.42 Å².